The molecule has 0 saturated carbocycles. The molecule has 110 valence electrons. The molecule has 1 nitrogen and oxygen atoms in total. The Hall–Kier alpha value is -1.89. The van der Waals surface area contributed by atoms with Crippen molar-refractivity contribution in [2.75, 3.05) is 0 Å². The van der Waals surface area contributed by atoms with Crippen molar-refractivity contribution in [2.45, 2.75) is 40.5 Å². The van der Waals surface area contributed by atoms with Crippen LogP contribution in [0, 0.1) is 5.41 Å². The molecule has 0 N–H and O–H groups in total. The van der Waals surface area contributed by atoms with Gasteiger partial charge >= 0.3 is 0 Å². The fraction of sp³-hybridized carbons (Fsp3) is 0.350. The number of ketones is 1. The van der Waals surface area contributed by atoms with Gasteiger partial charge in [0.15, 0.2) is 5.78 Å². The lowest BCUT2D eigenvalue weighted by Gasteiger charge is -2.17. The van der Waals surface area contributed by atoms with Crippen LogP contribution in [0.3, 0.4) is 0 Å². The smallest absolute Gasteiger partial charge is 0.160 e. The van der Waals surface area contributed by atoms with Gasteiger partial charge < -0.3 is 0 Å². The zero-order valence-electron chi connectivity index (χ0n) is 13.4. The number of carbonyl (C=O) groups is 1. The number of aryl methyl sites for hydroxylation is 1. The molecule has 0 spiro atoms. The summed E-state index contributed by atoms with van der Waals surface area (Å²) in [6.45, 7) is 8.43. The average Bonchev–Trinajstić information content (AvgIpc) is 2.45. The summed E-state index contributed by atoms with van der Waals surface area (Å²) in [6, 6.07) is 16.4. The van der Waals surface area contributed by atoms with Crippen molar-refractivity contribution >= 4 is 5.78 Å². The largest absolute Gasteiger partial charge is 0.294 e. The van der Waals surface area contributed by atoms with E-state index in [4.69, 9.17) is 0 Å². The Morgan fingerprint density at radius 3 is 2.14 bits per heavy atom. The summed E-state index contributed by atoms with van der Waals surface area (Å²) < 4.78 is 0. The van der Waals surface area contributed by atoms with Crippen LogP contribution in [0.15, 0.2) is 48.5 Å². The van der Waals surface area contributed by atoms with Gasteiger partial charge in [0, 0.05) is 5.56 Å². The highest BCUT2D eigenvalue weighted by molar-refractivity contribution is 6.00. The molecule has 0 heterocycles. The van der Waals surface area contributed by atoms with E-state index in [2.05, 4.69) is 45.0 Å². The molecule has 0 aliphatic carbocycles. The van der Waals surface area contributed by atoms with Crippen LogP contribution < -0.4 is 0 Å². The summed E-state index contributed by atoms with van der Waals surface area (Å²) in [5.74, 6) is 0.113. The van der Waals surface area contributed by atoms with Crippen LogP contribution in [0.2, 0.25) is 0 Å². The second kappa shape index (κ2) is 6.26. The highest BCUT2D eigenvalue weighted by Crippen LogP contribution is 2.26. The molecule has 0 fully saturated rings. The van der Waals surface area contributed by atoms with Crippen LogP contribution in [-0.2, 0) is 6.42 Å². The average molecular weight is 280 g/mol. The predicted molar refractivity (Wildman–Crippen MR) is 89.7 cm³/mol. The number of benzene rings is 2. The van der Waals surface area contributed by atoms with Gasteiger partial charge in [-0.2, -0.15) is 0 Å². The van der Waals surface area contributed by atoms with Crippen molar-refractivity contribution in [1.82, 2.24) is 0 Å². The zero-order valence-corrected chi connectivity index (χ0v) is 13.4. The molecule has 0 amide bonds. The molecule has 2 aromatic carbocycles. The van der Waals surface area contributed by atoms with E-state index in [-0.39, 0.29) is 5.78 Å². The van der Waals surface area contributed by atoms with Crippen LogP contribution in [0.4, 0.5) is 0 Å². The third-order valence-electron chi connectivity index (χ3n) is 3.73. The lowest BCUT2D eigenvalue weighted by Crippen LogP contribution is -2.06. The maximum absolute atomic E-state index is 11.7. The first-order chi connectivity index (χ1) is 9.87. The molecule has 21 heavy (non-hydrogen) atoms. The van der Waals surface area contributed by atoms with E-state index in [1.54, 1.807) is 6.92 Å². The van der Waals surface area contributed by atoms with E-state index in [9.17, 15) is 4.79 Å². The molecule has 2 rings (SSSR count). The molecule has 0 radical (unpaired) electrons. The quantitative estimate of drug-likeness (QED) is 0.672. The number of Topliss-reactive ketones (excluding diaryl/α,β-unsaturated/α-hetero) is 1. The molecule has 0 aromatic heterocycles. The van der Waals surface area contributed by atoms with Crippen LogP contribution in [0.25, 0.3) is 11.1 Å². The Morgan fingerprint density at radius 2 is 1.57 bits per heavy atom. The molecule has 1 heteroatoms. The first-order valence-corrected chi connectivity index (χ1v) is 7.56. The second-order valence-corrected chi connectivity index (χ2v) is 6.86. The molecule has 0 saturated heterocycles. The summed E-state index contributed by atoms with van der Waals surface area (Å²) in [4.78, 5) is 11.7. The molecular formula is C20H24O. The van der Waals surface area contributed by atoms with Crippen molar-refractivity contribution in [2.24, 2.45) is 5.41 Å². The molecule has 0 unspecified atom stereocenters. The monoisotopic (exact) mass is 280 g/mol. The van der Waals surface area contributed by atoms with Crippen molar-refractivity contribution in [3.05, 3.63) is 59.7 Å². The molecule has 2 aromatic rings. The number of carbonyl (C=O) groups excluding carboxylic acids is 1. The summed E-state index contributed by atoms with van der Waals surface area (Å²) in [6.07, 6.45) is 2.27. The number of hydrogen-bond donors (Lipinski definition) is 0. The van der Waals surface area contributed by atoms with Crippen LogP contribution in [-0.4, -0.2) is 5.78 Å². The normalized spacial score (nSPS) is 11.4. The van der Waals surface area contributed by atoms with Crippen molar-refractivity contribution in [1.29, 1.82) is 0 Å². The lowest BCUT2D eigenvalue weighted by molar-refractivity contribution is 0.101. The van der Waals surface area contributed by atoms with Crippen molar-refractivity contribution in [3.63, 3.8) is 0 Å². The molecule has 0 atom stereocenters. The molecule has 0 bridgehead atoms. The fourth-order valence-corrected chi connectivity index (χ4v) is 2.41. The van der Waals surface area contributed by atoms with Gasteiger partial charge in [-0.3, -0.25) is 4.79 Å². The van der Waals surface area contributed by atoms with Gasteiger partial charge in [0.2, 0.25) is 0 Å². The van der Waals surface area contributed by atoms with E-state index in [1.807, 2.05) is 24.3 Å². The Bertz CT molecular complexity index is 615. The van der Waals surface area contributed by atoms with E-state index in [1.165, 1.54) is 12.0 Å². The van der Waals surface area contributed by atoms with Gasteiger partial charge in [-0.15, -0.1) is 0 Å². The third kappa shape index (κ3) is 4.29. The zero-order chi connectivity index (χ0) is 15.5. The first-order valence-electron chi connectivity index (χ1n) is 7.56. The predicted octanol–water partition coefficient (Wildman–Crippen LogP) is 5.53. The lowest BCUT2D eigenvalue weighted by atomic mass is 9.88. The Morgan fingerprint density at radius 1 is 0.952 bits per heavy atom. The van der Waals surface area contributed by atoms with Crippen LogP contribution in [0.1, 0.15) is 50.0 Å². The van der Waals surface area contributed by atoms with Crippen molar-refractivity contribution in [3.8, 4) is 11.1 Å². The summed E-state index contributed by atoms with van der Waals surface area (Å²) in [5, 5.41) is 0. The van der Waals surface area contributed by atoms with E-state index in [0.29, 0.717) is 5.41 Å². The minimum absolute atomic E-state index is 0.113. The topological polar surface area (TPSA) is 17.1 Å². The highest BCUT2D eigenvalue weighted by atomic mass is 16.1. The number of hydrogen-bond acceptors (Lipinski definition) is 1. The Kier molecular flexibility index (Phi) is 4.62. The van der Waals surface area contributed by atoms with Gasteiger partial charge in [-0.25, -0.2) is 0 Å². The van der Waals surface area contributed by atoms with Gasteiger partial charge in [-0.05, 0) is 41.9 Å². The van der Waals surface area contributed by atoms with Crippen LogP contribution in [0.5, 0.6) is 0 Å². The SMILES string of the molecule is CC(=O)c1ccccc1-c1ccc(CCC(C)(C)C)cc1. The van der Waals surface area contributed by atoms with Gasteiger partial charge in [-0.1, -0.05) is 69.3 Å². The minimum Gasteiger partial charge on any atom is -0.294 e. The van der Waals surface area contributed by atoms with Crippen LogP contribution >= 0.6 is 0 Å². The Balaban J connectivity index is 2.22. The summed E-state index contributed by atoms with van der Waals surface area (Å²) in [7, 11) is 0. The third-order valence-corrected chi connectivity index (χ3v) is 3.73. The molecule has 0 aliphatic rings. The minimum atomic E-state index is 0.113. The Labute approximate surface area is 128 Å². The summed E-state index contributed by atoms with van der Waals surface area (Å²) in [5.41, 5.74) is 4.64. The van der Waals surface area contributed by atoms with E-state index < -0.39 is 0 Å². The number of rotatable bonds is 4. The second-order valence-electron chi connectivity index (χ2n) is 6.86. The molecular weight excluding hydrogens is 256 g/mol. The maximum atomic E-state index is 11.7. The van der Waals surface area contributed by atoms with Gasteiger partial charge in [0.1, 0.15) is 0 Å². The van der Waals surface area contributed by atoms with E-state index in [0.717, 1.165) is 23.1 Å². The highest BCUT2D eigenvalue weighted by Gasteiger charge is 2.11. The summed E-state index contributed by atoms with van der Waals surface area (Å²) >= 11 is 0. The first kappa shape index (κ1) is 15.5. The molecule has 0 aliphatic heterocycles. The van der Waals surface area contributed by atoms with Gasteiger partial charge in [0.25, 0.3) is 0 Å². The maximum Gasteiger partial charge on any atom is 0.160 e. The standard InChI is InChI=1S/C20H24O/c1-15(21)18-7-5-6-8-19(18)17-11-9-16(10-12-17)13-14-20(2,3)4/h5-12H,13-14H2,1-4H3. The fourth-order valence-electron chi connectivity index (χ4n) is 2.41. The van der Waals surface area contributed by atoms with Crippen molar-refractivity contribution < 1.29 is 4.79 Å². The van der Waals surface area contributed by atoms with Gasteiger partial charge in [0.05, 0.1) is 0 Å². The van der Waals surface area contributed by atoms with E-state index >= 15 is 0 Å².